The molecule has 0 radical (unpaired) electrons. The van der Waals surface area contributed by atoms with E-state index in [4.69, 9.17) is 16.0 Å². The monoisotopic (exact) mass is 293 g/mol. The normalized spacial score (nSPS) is 11.8. The summed E-state index contributed by atoms with van der Waals surface area (Å²) in [5.74, 6) is 0.765. The molecule has 2 rings (SSSR count). The molecule has 0 atom stereocenters. The first-order valence-corrected chi connectivity index (χ1v) is 7.29. The number of alkyl halides is 1. The molecular weight excluding hydrogens is 274 g/mol. The number of amides is 1. The van der Waals surface area contributed by atoms with Gasteiger partial charge >= 0.3 is 0 Å². The highest BCUT2D eigenvalue weighted by molar-refractivity contribution is 6.17. The van der Waals surface area contributed by atoms with E-state index in [9.17, 15) is 4.79 Å². The summed E-state index contributed by atoms with van der Waals surface area (Å²) in [6.07, 6.45) is 0.855. The molecule has 0 aliphatic carbocycles. The number of hydrogen-bond donors (Lipinski definition) is 1. The van der Waals surface area contributed by atoms with Gasteiger partial charge in [-0.15, -0.1) is 11.6 Å². The second-order valence-corrected chi connectivity index (χ2v) is 6.32. The zero-order chi connectivity index (χ0) is 14.8. The van der Waals surface area contributed by atoms with Crippen molar-refractivity contribution < 1.29 is 9.21 Å². The molecule has 0 fully saturated rings. The molecule has 1 amide bonds. The van der Waals surface area contributed by atoms with Gasteiger partial charge in [0.2, 0.25) is 0 Å². The standard InChI is InChI=1S/C16H20ClNO2/c1-11-4-5-13-12(8-11)9-14(20-13)15(19)18-10-16(2,3)6-7-17/h4-5,8-9H,6-7,10H2,1-3H3,(H,18,19). The Morgan fingerprint density at radius 3 is 2.80 bits per heavy atom. The second kappa shape index (κ2) is 5.88. The summed E-state index contributed by atoms with van der Waals surface area (Å²) in [6.45, 7) is 6.75. The van der Waals surface area contributed by atoms with Crippen molar-refractivity contribution in [1.29, 1.82) is 0 Å². The predicted octanol–water partition coefficient (Wildman–Crippen LogP) is 4.13. The number of benzene rings is 1. The molecule has 0 bridgehead atoms. The van der Waals surface area contributed by atoms with Crippen molar-refractivity contribution in [3.63, 3.8) is 0 Å². The number of rotatable bonds is 5. The molecule has 3 nitrogen and oxygen atoms in total. The fourth-order valence-electron chi connectivity index (χ4n) is 2.03. The van der Waals surface area contributed by atoms with E-state index in [2.05, 4.69) is 19.2 Å². The molecule has 4 heteroatoms. The second-order valence-electron chi connectivity index (χ2n) is 5.94. The van der Waals surface area contributed by atoms with Gasteiger partial charge in [-0.3, -0.25) is 4.79 Å². The van der Waals surface area contributed by atoms with E-state index in [-0.39, 0.29) is 11.3 Å². The Labute approximate surface area is 124 Å². The molecule has 0 aliphatic rings. The number of fused-ring (bicyclic) bond motifs is 1. The number of carbonyl (C=O) groups is 1. The number of hydrogen-bond acceptors (Lipinski definition) is 2. The van der Waals surface area contributed by atoms with Crippen LogP contribution >= 0.6 is 11.6 Å². The van der Waals surface area contributed by atoms with E-state index < -0.39 is 0 Å². The van der Waals surface area contributed by atoms with Crippen LogP contribution in [-0.2, 0) is 0 Å². The number of carbonyl (C=O) groups excluding carboxylic acids is 1. The molecule has 1 aromatic heterocycles. The zero-order valence-corrected chi connectivity index (χ0v) is 12.9. The fraction of sp³-hybridized carbons (Fsp3) is 0.438. The third kappa shape index (κ3) is 3.54. The average molecular weight is 294 g/mol. The highest BCUT2D eigenvalue weighted by atomic mass is 35.5. The van der Waals surface area contributed by atoms with Gasteiger partial charge in [0.15, 0.2) is 5.76 Å². The molecule has 0 saturated heterocycles. The van der Waals surface area contributed by atoms with Crippen LogP contribution in [0.5, 0.6) is 0 Å². The molecule has 2 aromatic rings. The minimum Gasteiger partial charge on any atom is -0.451 e. The molecule has 1 heterocycles. The van der Waals surface area contributed by atoms with E-state index in [1.54, 1.807) is 6.07 Å². The highest BCUT2D eigenvalue weighted by Gasteiger charge is 2.20. The summed E-state index contributed by atoms with van der Waals surface area (Å²) in [6, 6.07) is 7.65. The molecular formula is C16H20ClNO2. The van der Waals surface area contributed by atoms with Gasteiger partial charge < -0.3 is 9.73 Å². The molecule has 1 aromatic carbocycles. The maximum atomic E-state index is 12.1. The average Bonchev–Trinajstić information content (AvgIpc) is 2.79. The lowest BCUT2D eigenvalue weighted by Crippen LogP contribution is -2.34. The van der Waals surface area contributed by atoms with Crippen molar-refractivity contribution in [2.45, 2.75) is 27.2 Å². The van der Waals surface area contributed by atoms with Crippen LogP contribution in [0, 0.1) is 12.3 Å². The molecule has 0 aliphatic heterocycles. The Kier molecular flexibility index (Phi) is 4.39. The van der Waals surface area contributed by atoms with Crippen LogP contribution in [0.1, 0.15) is 36.4 Å². The van der Waals surface area contributed by atoms with Crippen LogP contribution in [-0.4, -0.2) is 18.3 Å². The van der Waals surface area contributed by atoms with Crippen molar-refractivity contribution in [3.05, 3.63) is 35.6 Å². The van der Waals surface area contributed by atoms with Crippen LogP contribution in [0.2, 0.25) is 0 Å². The third-order valence-corrected chi connectivity index (χ3v) is 3.58. The topological polar surface area (TPSA) is 42.2 Å². The van der Waals surface area contributed by atoms with Crippen molar-refractivity contribution in [1.82, 2.24) is 5.32 Å². The van der Waals surface area contributed by atoms with Crippen molar-refractivity contribution in [3.8, 4) is 0 Å². The molecule has 0 unspecified atom stereocenters. The summed E-state index contributed by atoms with van der Waals surface area (Å²) in [5.41, 5.74) is 1.87. The first-order valence-electron chi connectivity index (χ1n) is 6.76. The maximum absolute atomic E-state index is 12.1. The predicted molar refractivity (Wildman–Crippen MR) is 82.4 cm³/mol. The minimum absolute atomic E-state index is 0.0139. The fourth-order valence-corrected chi connectivity index (χ4v) is 2.54. The van der Waals surface area contributed by atoms with E-state index in [0.29, 0.717) is 18.2 Å². The third-order valence-electron chi connectivity index (χ3n) is 3.39. The Balaban J connectivity index is 2.08. The summed E-state index contributed by atoms with van der Waals surface area (Å²) in [5, 5.41) is 3.86. The molecule has 20 heavy (non-hydrogen) atoms. The van der Waals surface area contributed by atoms with E-state index in [1.807, 2.05) is 25.1 Å². The van der Waals surface area contributed by atoms with Gasteiger partial charge in [0.1, 0.15) is 5.58 Å². The van der Waals surface area contributed by atoms with E-state index in [0.717, 1.165) is 23.0 Å². The summed E-state index contributed by atoms with van der Waals surface area (Å²) >= 11 is 5.76. The maximum Gasteiger partial charge on any atom is 0.287 e. The largest absolute Gasteiger partial charge is 0.451 e. The first-order chi connectivity index (χ1) is 9.41. The van der Waals surface area contributed by atoms with Gasteiger partial charge in [-0.2, -0.15) is 0 Å². The van der Waals surface area contributed by atoms with Crippen LogP contribution in [0.25, 0.3) is 11.0 Å². The van der Waals surface area contributed by atoms with Crippen molar-refractivity contribution >= 4 is 28.5 Å². The molecule has 0 spiro atoms. The van der Waals surface area contributed by atoms with E-state index in [1.165, 1.54) is 0 Å². The lowest BCUT2D eigenvalue weighted by Gasteiger charge is -2.23. The van der Waals surface area contributed by atoms with Crippen LogP contribution in [0.4, 0.5) is 0 Å². The highest BCUT2D eigenvalue weighted by Crippen LogP contribution is 2.22. The minimum atomic E-state index is -0.179. The molecule has 0 saturated carbocycles. The van der Waals surface area contributed by atoms with Crippen molar-refractivity contribution in [2.24, 2.45) is 5.41 Å². The first kappa shape index (κ1) is 14.9. The van der Waals surface area contributed by atoms with Crippen LogP contribution < -0.4 is 5.32 Å². The van der Waals surface area contributed by atoms with Crippen LogP contribution in [0.15, 0.2) is 28.7 Å². The van der Waals surface area contributed by atoms with Gasteiger partial charge in [0.25, 0.3) is 5.91 Å². The number of halogens is 1. The SMILES string of the molecule is Cc1ccc2oc(C(=O)NCC(C)(C)CCCl)cc2c1. The van der Waals surface area contributed by atoms with Gasteiger partial charge in [-0.1, -0.05) is 25.5 Å². The lowest BCUT2D eigenvalue weighted by molar-refractivity contribution is 0.0910. The Morgan fingerprint density at radius 1 is 1.35 bits per heavy atom. The summed E-state index contributed by atoms with van der Waals surface area (Å²) in [7, 11) is 0. The summed E-state index contributed by atoms with van der Waals surface area (Å²) in [4.78, 5) is 12.1. The molecule has 1 N–H and O–H groups in total. The Bertz CT molecular complexity index is 616. The number of furan rings is 1. The number of aryl methyl sites for hydroxylation is 1. The molecule has 108 valence electrons. The van der Waals surface area contributed by atoms with Gasteiger partial charge in [-0.05, 0) is 37.0 Å². The smallest absolute Gasteiger partial charge is 0.287 e. The van der Waals surface area contributed by atoms with Crippen LogP contribution in [0.3, 0.4) is 0 Å². The van der Waals surface area contributed by atoms with Gasteiger partial charge in [-0.25, -0.2) is 0 Å². The van der Waals surface area contributed by atoms with E-state index >= 15 is 0 Å². The van der Waals surface area contributed by atoms with Gasteiger partial charge in [0.05, 0.1) is 0 Å². The van der Waals surface area contributed by atoms with Crippen molar-refractivity contribution in [2.75, 3.05) is 12.4 Å². The Morgan fingerprint density at radius 2 is 2.10 bits per heavy atom. The summed E-state index contributed by atoms with van der Waals surface area (Å²) < 4.78 is 5.57. The quantitative estimate of drug-likeness (QED) is 0.842. The lowest BCUT2D eigenvalue weighted by atomic mass is 9.90. The zero-order valence-electron chi connectivity index (χ0n) is 12.1. The number of nitrogens with one attached hydrogen (secondary N) is 1. The van der Waals surface area contributed by atoms with Gasteiger partial charge in [0, 0.05) is 17.8 Å². The Hall–Kier alpha value is -1.48.